The largest absolute Gasteiger partial charge is 0.378 e. The van der Waals surface area contributed by atoms with Crippen LogP contribution in [0.25, 0.3) is 0 Å². The third-order valence-electron chi connectivity index (χ3n) is 3.91. The van der Waals surface area contributed by atoms with Gasteiger partial charge in [-0.25, -0.2) is 0 Å². The van der Waals surface area contributed by atoms with Gasteiger partial charge in [-0.1, -0.05) is 18.2 Å². The summed E-state index contributed by atoms with van der Waals surface area (Å²) in [4.78, 5) is 16.6. The zero-order valence-electron chi connectivity index (χ0n) is 13.9. The fourth-order valence-electron chi connectivity index (χ4n) is 2.87. The molecule has 0 spiro atoms. The Morgan fingerprint density at radius 2 is 1.71 bits per heavy atom. The van der Waals surface area contributed by atoms with Crippen LogP contribution in [0.5, 0.6) is 0 Å². The topological polar surface area (TPSA) is 106 Å². The number of aromatic nitrogens is 3. The van der Waals surface area contributed by atoms with E-state index >= 15 is 0 Å². The molecule has 1 saturated heterocycles. The first kappa shape index (κ1) is 16.4. The molecule has 1 aliphatic rings. The van der Waals surface area contributed by atoms with Crippen molar-refractivity contribution in [3.63, 3.8) is 0 Å². The molecule has 2 heterocycles. The quantitative estimate of drug-likeness (QED) is 0.817. The van der Waals surface area contributed by atoms with E-state index in [1.807, 2.05) is 7.05 Å². The van der Waals surface area contributed by atoms with Crippen LogP contribution in [-0.2, 0) is 17.8 Å². The van der Waals surface area contributed by atoms with Crippen molar-refractivity contribution >= 4 is 17.6 Å². The molecule has 0 amide bonds. The van der Waals surface area contributed by atoms with Crippen LogP contribution >= 0.6 is 0 Å². The van der Waals surface area contributed by atoms with Crippen LogP contribution in [0.2, 0.25) is 0 Å². The van der Waals surface area contributed by atoms with E-state index in [1.165, 1.54) is 11.3 Å². The van der Waals surface area contributed by atoms with E-state index in [4.69, 9.17) is 16.2 Å². The molecule has 1 aromatic heterocycles. The van der Waals surface area contributed by atoms with Gasteiger partial charge in [0.25, 0.3) is 0 Å². The maximum absolute atomic E-state index is 5.63. The third kappa shape index (κ3) is 4.09. The van der Waals surface area contributed by atoms with Crippen LogP contribution in [0.15, 0.2) is 24.3 Å². The maximum atomic E-state index is 5.63. The normalized spacial score (nSPS) is 15.0. The van der Waals surface area contributed by atoms with Gasteiger partial charge in [0, 0.05) is 25.3 Å². The third-order valence-corrected chi connectivity index (χ3v) is 3.91. The van der Waals surface area contributed by atoms with Crippen LogP contribution in [0.1, 0.15) is 11.4 Å². The van der Waals surface area contributed by atoms with Gasteiger partial charge in [-0.2, -0.15) is 15.0 Å². The Balaban J connectivity index is 1.71. The van der Waals surface area contributed by atoms with Gasteiger partial charge in [-0.05, 0) is 18.7 Å². The van der Waals surface area contributed by atoms with Crippen molar-refractivity contribution < 1.29 is 4.74 Å². The minimum absolute atomic E-state index is 0.152. The smallest absolute Gasteiger partial charge is 0.225 e. The van der Waals surface area contributed by atoms with Crippen molar-refractivity contribution in [1.29, 1.82) is 0 Å². The molecule has 0 unspecified atom stereocenters. The van der Waals surface area contributed by atoms with E-state index in [9.17, 15) is 0 Å². The minimum Gasteiger partial charge on any atom is -0.378 e. The van der Waals surface area contributed by atoms with Gasteiger partial charge in [0.1, 0.15) is 5.82 Å². The zero-order chi connectivity index (χ0) is 16.9. The number of rotatable bonds is 5. The number of anilines is 3. The number of hydrogen-bond donors (Lipinski definition) is 2. The first-order valence-electron chi connectivity index (χ1n) is 7.97. The highest BCUT2D eigenvalue weighted by atomic mass is 16.5. The molecule has 0 aliphatic carbocycles. The van der Waals surface area contributed by atoms with E-state index in [2.05, 4.69) is 49.0 Å². The number of nitrogen functional groups attached to an aromatic ring is 2. The molecule has 0 atom stereocenters. The lowest BCUT2D eigenvalue weighted by atomic mass is 10.1. The summed E-state index contributed by atoms with van der Waals surface area (Å²) in [6, 6.07) is 8.44. The van der Waals surface area contributed by atoms with Crippen molar-refractivity contribution in [2.45, 2.75) is 13.1 Å². The highest BCUT2D eigenvalue weighted by Gasteiger charge is 2.15. The molecule has 1 aliphatic heterocycles. The van der Waals surface area contributed by atoms with Crippen LogP contribution < -0.4 is 16.4 Å². The Morgan fingerprint density at radius 1 is 1.04 bits per heavy atom. The number of benzene rings is 1. The molecule has 8 heteroatoms. The molecular formula is C16H23N7O. The van der Waals surface area contributed by atoms with E-state index in [1.54, 1.807) is 0 Å². The molecule has 8 nitrogen and oxygen atoms in total. The number of morpholine rings is 1. The van der Waals surface area contributed by atoms with Crippen LogP contribution in [-0.4, -0.2) is 53.2 Å². The monoisotopic (exact) mass is 329 g/mol. The molecule has 1 fully saturated rings. The summed E-state index contributed by atoms with van der Waals surface area (Å²) in [6.07, 6.45) is 0. The summed E-state index contributed by atoms with van der Waals surface area (Å²) < 4.78 is 5.45. The first-order valence-corrected chi connectivity index (χ1v) is 7.97. The van der Waals surface area contributed by atoms with Gasteiger partial charge in [0.2, 0.25) is 11.9 Å². The van der Waals surface area contributed by atoms with Gasteiger partial charge in [-0.15, -0.1) is 0 Å². The lowest BCUT2D eigenvalue weighted by molar-refractivity contribution is 0.122. The van der Waals surface area contributed by atoms with Gasteiger partial charge in [0.05, 0.1) is 19.8 Å². The van der Waals surface area contributed by atoms with Crippen molar-refractivity contribution in [2.24, 2.45) is 0 Å². The molecule has 4 N–H and O–H groups in total. The molecule has 128 valence electrons. The first-order chi connectivity index (χ1) is 11.6. The number of para-hydroxylation sites is 1. The molecule has 24 heavy (non-hydrogen) atoms. The fourth-order valence-corrected chi connectivity index (χ4v) is 2.87. The predicted molar refractivity (Wildman–Crippen MR) is 93.3 cm³/mol. The van der Waals surface area contributed by atoms with E-state index in [-0.39, 0.29) is 11.9 Å². The zero-order valence-corrected chi connectivity index (χ0v) is 13.9. The summed E-state index contributed by atoms with van der Waals surface area (Å²) in [5.41, 5.74) is 13.8. The Labute approximate surface area is 141 Å². The number of hydrogen-bond acceptors (Lipinski definition) is 8. The van der Waals surface area contributed by atoms with Crippen molar-refractivity contribution in [2.75, 3.05) is 49.7 Å². The second-order valence-corrected chi connectivity index (χ2v) is 5.87. The van der Waals surface area contributed by atoms with E-state index in [0.717, 1.165) is 32.8 Å². The van der Waals surface area contributed by atoms with E-state index in [0.29, 0.717) is 12.4 Å². The van der Waals surface area contributed by atoms with Crippen LogP contribution in [0, 0.1) is 0 Å². The van der Waals surface area contributed by atoms with Crippen LogP contribution in [0.3, 0.4) is 0 Å². The standard InChI is InChI=1S/C16H23N7O/c1-22(11-14-19-15(17)21-16(18)20-14)10-12-4-2-3-5-13(12)23-6-8-24-9-7-23/h2-5H,6-11H2,1H3,(H4,17,18,19,20,21). The van der Waals surface area contributed by atoms with Gasteiger partial charge in [0.15, 0.2) is 0 Å². The molecule has 3 rings (SSSR count). The predicted octanol–water partition coefficient (Wildman–Crippen LogP) is 0.505. The second-order valence-electron chi connectivity index (χ2n) is 5.87. The van der Waals surface area contributed by atoms with Crippen molar-refractivity contribution in [1.82, 2.24) is 19.9 Å². The number of nitrogens with zero attached hydrogens (tertiary/aromatic N) is 5. The lowest BCUT2D eigenvalue weighted by Gasteiger charge is -2.31. The Morgan fingerprint density at radius 3 is 2.42 bits per heavy atom. The molecule has 0 bridgehead atoms. The Hall–Kier alpha value is -2.45. The van der Waals surface area contributed by atoms with E-state index < -0.39 is 0 Å². The Kier molecular flexibility index (Phi) is 5.07. The van der Waals surface area contributed by atoms with Gasteiger partial charge < -0.3 is 21.1 Å². The average Bonchev–Trinajstić information content (AvgIpc) is 2.55. The molecule has 0 saturated carbocycles. The lowest BCUT2D eigenvalue weighted by Crippen LogP contribution is -2.37. The summed E-state index contributed by atoms with van der Waals surface area (Å²) >= 11 is 0. The van der Waals surface area contributed by atoms with Crippen LogP contribution in [0.4, 0.5) is 17.6 Å². The summed E-state index contributed by atoms with van der Waals surface area (Å²) in [6.45, 7) is 4.71. The average molecular weight is 329 g/mol. The van der Waals surface area contributed by atoms with Crippen molar-refractivity contribution in [3.05, 3.63) is 35.7 Å². The SMILES string of the molecule is CN(Cc1nc(N)nc(N)n1)Cc1ccccc1N1CCOCC1. The number of ether oxygens (including phenoxy) is 1. The summed E-state index contributed by atoms with van der Waals surface area (Å²) in [7, 11) is 2.02. The summed E-state index contributed by atoms with van der Waals surface area (Å²) in [5.74, 6) is 0.880. The van der Waals surface area contributed by atoms with Crippen molar-refractivity contribution in [3.8, 4) is 0 Å². The molecule has 1 aromatic carbocycles. The fraction of sp³-hybridized carbons (Fsp3) is 0.438. The summed E-state index contributed by atoms with van der Waals surface area (Å²) in [5, 5.41) is 0. The Bertz CT molecular complexity index is 668. The molecule has 0 radical (unpaired) electrons. The minimum atomic E-state index is 0.152. The highest BCUT2D eigenvalue weighted by molar-refractivity contribution is 5.53. The van der Waals surface area contributed by atoms with Gasteiger partial charge >= 0.3 is 0 Å². The van der Waals surface area contributed by atoms with Gasteiger partial charge in [-0.3, -0.25) is 4.90 Å². The highest BCUT2D eigenvalue weighted by Crippen LogP contribution is 2.23. The maximum Gasteiger partial charge on any atom is 0.225 e. The number of nitrogens with two attached hydrogens (primary N) is 2. The second kappa shape index (κ2) is 7.41. The molecular weight excluding hydrogens is 306 g/mol. The molecule has 2 aromatic rings.